The van der Waals surface area contributed by atoms with Crippen molar-refractivity contribution in [1.29, 1.82) is 0 Å². The zero-order chi connectivity index (χ0) is 13.4. The van der Waals surface area contributed by atoms with Crippen molar-refractivity contribution in [3.05, 3.63) is 52.2 Å². The molecule has 0 fully saturated rings. The lowest BCUT2D eigenvalue weighted by Gasteiger charge is -2.11. The first-order valence-electron chi connectivity index (χ1n) is 5.81. The molecule has 0 aliphatic heterocycles. The molecule has 5 heteroatoms. The van der Waals surface area contributed by atoms with E-state index in [0.29, 0.717) is 5.39 Å². The van der Waals surface area contributed by atoms with E-state index < -0.39 is 11.7 Å². The smallest absolute Gasteiger partial charge is 0.343 e. The number of fused-ring (bicyclic) bond motifs is 1. The third kappa shape index (κ3) is 1.97. The van der Waals surface area contributed by atoms with Crippen molar-refractivity contribution < 1.29 is 9.52 Å². The van der Waals surface area contributed by atoms with Gasteiger partial charge in [-0.1, -0.05) is 18.2 Å². The molecule has 1 aromatic carbocycles. The normalized spacial score (nSPS) is 12.7. The van der Waals surface area contributed by atoms with Gasteiger partial charge in [0, 0.05) is 17.1 Å². The topological polar surface area (TPSA) is 63.3 Å². The monoisotopic (exact) mass is 273 g/mol. The van der Waals surface area contributed by atoms with E-state index in [0.717, 1.165) is 15.8 Å². The SMILES string of the molecule is CC(O)c1oc(=O)c2ccccc2c1-c1cncs1. The summed E-state index contributed by atoms with van der Waals surface area (Å²) in [7, 11) is 0. The summed E-state index contributed by atoms with van der Waals surface area (Å²) >= 11 is 1.44. The molecule has 0 saturated carbocycles. The van der Waals surface area contributed by atoms with Gasteiger partial charge in [0.2, 0.25) is 0 Å². The first-order valence-corrected chi connectivity index (χ1v) is 6.69. The van der Waals surface area contributed by atoms with E-state index in [1.807, 2.05) is 12.1 Å². The molecule has 19 heavy (non-hydrogen) atoms. The van der Waals surface area contributed by atoms with Crippen LogP contribution in [0.25, 0.3) is 21.2 Å². The zero-order valence-electron chi connectivity index (χ0n) is 10.2. The van der Waals surface area contributed by atoms with Gasteiger partial charge in [0.1, 0.15) is 11.9 Å². The van der Waals surface area contributed by atoms with E-state index in [1.165, 1.54) is 11.3 Å². The summed E-state index contributed by atoms with van der Waals surface area (Å²) < 4.78 is 5.28. The quantitative estimate of drug-likeness (QED) is 0.779. The van der Waals surface area contributed by atoms with Crippen LogP contribution in [0.1, 0.15) is 18.8 Å². The van der Waals surface area contributed by atoms with E-state index in [9.17, 15) is 9.90 Å². The predicted octanol–water partition coefficient (Wildman–Crippen LogP) is 2.97. The lowest BCUT2D eigenvalue weighted by atomic mass is 10.0. The number of aliphatic hydroxyl groups is 1. The number of benzene rings is 1. The van der Waals surface area contributed by atoms with E-state index in [4.69, 9.17) is 4.42 Å². The molecule has 0 radical (unpaired) electrons. The predicted molar refractivity (Wildman–Crippen MR) is 74.2 cm³/mol. The molecular weight excluding hydrogens is 262 g/mol. The van der Waals surface area contributed by atoms with Crippen LogP contribution in [0.3, 0.4) is 0 Å². The van der Waals surface area contributed by atoms with Crippen molar-refractivity contribution in [3.8, 4) is 10.4 Å². The largest absolute Gasteiger partial charge is 0.424 e. The molecule has 0 saturated heterocycles. The van der Waals surface area contributed by atoms with Crippen molar-refractivity contribution >= 4 is 22.1 Å². The fourth-order valence-electron chi connectivity index (χ4n) is 2.11. The molecule has 0 aliphatic carbocycles. The molecule has 0 bridgehead atoms. The number of nitrogens with zero attached hydrogens (tertiary/aromatic N) is 1. The molecule has 2 heterocycles. The highest BCUT2D eigenvalue weighted by Gasteiger charge is 2.19. The van der Waals surface area contributed by atoms with Crippen LogP contribution in [0.4, 0.5) is 0 Å². The van der Waals surface area contributed by atoms with Crippen molar-refractivity contribution in [2.75, 3.05) is 0 Å². The average molecular weight is 273 g/mol. The Bertz CT molecular complexity index is 775. The first kappa shape index (κ1) is 12.1. The van der Waals surface area contributed by atoms with Crippen LogP contribution < -0.4 is 5.63 Å². The minimum atomic E-state index is -0.852. The second-order valence-electron chi connectivity index (χ2n) is 4.22. The van der Waals surface area contributed by atoms with Crippen molar-refractivity contribution in [2.45, 2.75) is 13.0 Å². The maximum absolute atomic E-state index is 11.9. The van der Waals surface area contributed by atoms with Gasteiger partial charge in [0.15, 0.2) is 0 Å². The Morgan fingerprint density at radius 1 is 1.32 bits per heavy atom. The number of aromatic nitrogens is 1. The second kappa shape index (κ2) is 4.60. The number of hydrogen-bond acceptors (Lipinski definition) is 5. The summed E-state index contributed by atoms with van der Waals surface area (Å²) in [5.41, 5.74) is 2.02. The molecule has 2 aromatic heterocycles. The van der Waals surface area contributed by atoms with E-state index in [-0.39, 0.29) is 5.76 Å². The molecule has 96 valence electrons. The standard InChI is InChI=1S/C14H11NO3S/c1-8(16)13-12(11-6-15-7-19-11)9-4-2-3-5-10(9)14(17)18-13/h2-8,16H,1H3. The lowest BCUT2D eigenvalue weighted by Crippen LogP contribution is -2.06. The minimum Gasteiger partial charge on any atom is -0.424 e. The molecule has 1 unspecified atom stereocenters. The van der Waals surface area contributed by atoms with Crippen molar-refractivity contribution in [1.82, 2.24) is 4.98 Å². The van der Waals surface area contributed by atoms with Crippen molar-refractivity contribution in [3.63, 3.8) is 0 Å². The highest BCUT2D eigenvalue weighted by atomic mass is 32.1. The fraction of sp³-hybridized carbons (Fsp3) is 0.143. The Balaban J connectivity index is 2.48. The summed E-state index contributed by atoms with van der Waals surface area (Å²) in [6.07, 6.45) is 0.854. The molecule has 0 amide bonds. The summed E-state index contributed by atoms with van der Waals surface area (Å²) in [6.45, 7) is 1.58. The van der Waals surface area contributed by atoms with E-state index >= 15 is 0 Å². The molecule has 4 nitrogen and oxygen atoms in total. The van der Waals surface area contributed by atoms with Crippen LogP contribution in [0.2, 0.25) is 0 Å². The summed E-state index contributed by atoms with van der Waals surface area (Å²) in [4.78, 5) is 16.9. The van der Waals surface area contributed by atoms with Gasteiger partial charge < -0.3 is 9.52 Å². The first-order chi connectivity index (χ1) is 9.18. The van der Waals surface area contributed by atoms with E-state index in [1.54, 1.807) is 30.8 Å². The minimum absolute atomic E-state index is 0.285. The Kier molecular flexibility index (Phi) is 2.93. The third-order valence-corrected chi connectivity index (χ3v) is 3.71. The van der Waals surface area contributed by atoms with Gasteiger partial charge in [-0.3, -0.25) is 4.98 Å². The molecule has 0 aliphatic rings. The maximum Gasteiger partial charge on any atom is 0.343 e. The second-order valence-corrected chi connectivity index (χ2v) is 5.10. The molecular formula is C14H11NO3S. The molecule has 3 rings (SSSR count). The van der Waals surface area contributed by atoms with Gasteiger partial charge in [-0.2, -0.15) is 0 Å². The number of thiazole rings is 1. The highest BCUT2D eigenvalue weighted by Crippen LogP contribution is 2.35. The van der Waals surface area contributed by atoms with Crippen LogP contribution in [0.15, 0.2) is 45.2 Å². The number of aliphatic hydroxyl groups excluding tert-OH is 1. The summed E-state index contributed by atoms with van der Waals surface area (Å²) in [6, 6.07) is 7.22. The summed E-state index contributed by atoms with van der Waals surface area (Å²) in [5.74, 6) is 0.285. The zero-order valence-corrected chi connectivity index (χ0v) is 11.0. The Hall–Kier alpha value is -1.98. The van der Waals surface area contributed by atoms with Gasteiger partial charge in [-0.05, 0) is 13.0 Å². The fourth-order valence-corrected chi connectivity index (χ4v) is 2.79. The van der Waals surface area contributed by atoms with Crippen LogP contribution in [0.5, 0.6) is 0 Å². The third-order valence-electron chi connectivity index (χ3n) is 2.92. The van der Waals surface area contributed by atoms with Crippen LogP contribution >= 0.6 is 11.3 Å². The molecule has 3 aromatic rings. The lowest BCUT2D eigenvalue weighted by molar-refractivity contribution is 0.166. The molecule has 1 N–H and O–H groups in total. The summed E-state index contributed by atoms with van der Waals surface area (Å²) in [5, 5.41) is 11.1. The number of rotatable bonds is 2. The van der Waals surface area contributed by atoms with Crippen LogP contribution in [-0.4, -0.2) is 10.1 Å². The van der Waals surface area contributed by atoms with Gasteiger partial charge in [0.05, 0.1) is 15.8 Å². The van der Waals surface area contributed by atoms with Crippen LogP contribution in [-0.2, 0) is 0 Å². The number of hydrogen-bond donors (Lipinski definition) is 1. The molecule has 0 spiro atoms. The van der Waals surface area contributed by atoms with Crippen LogP contribution in [0, 0.1) is 0 Å². The van der Waals surface area contributed by atoms with Gasteiger partial charge in [-0.15, -0.1) is 11.3 Å². The van der Waals surface area contributed by atoms with Gasteiger partial charge in [0.25, 0.3) is 0 Å². The Morgan fingerprint density at radius 2 is 2.05 bits per heavy atom. The average Bonchev–Trinajstić information content (AvgIpc) is 2.92. The Labute approximate surface area is 113 Å². The van der Waals surface area contributed by atoms with E-state index in [2.05, 4.69) is 4.98 Å². The van der Waals surface area contributed by atoms with Gasteiger partial charge in [-0.25, -0.2) is 4.79 Å². The Morgan fingerprint density at radius 3 is 2.68 bits per heavy atom. The molecule has 1 atom stereocenters. The maximum atomic E-state index is 11.9. The van der Waals surface area contributed by atoms with Crippen molar-refractivity contribution in [2.24, 2.45) is 0 Å². The van der Waals surface area contributed by atoms with Gasteiger partial charge >= 0.3 is 5.63 Å². The highest BCUT2D eigenvalue weighted by molar-refractivity contribution is 7.13.